The quantitative estimate of drug-likeness (QED) is 0.828. The maximum Gasteiger partial charge on any atom is 0.236 e. The van der Waals surface area contributed by atoms with E-state index in [4.69, 9.17) is 0 Å². The number of amides is 1. The molecule has 0 aromatic rings. The lowest BCUT2D eigenvalue weighted by Gasteiger charge is -2.60. The van der Waals surface area contributed by atoms with Gasteiger partial charge >= 0.3 is 0 Å². The fraction of sp³-hybridized carbons (Fsp3) is 0.933. The van der Waals surface area contributed by atoms with E-state index in [9.17, 15) is 4.79 Å². The molecule has 4 saturated carbocycles. The molecular weight excluding hydrogens is 224 g/mol. The van der Waals surface area contributed by atoms with Crippen LogP contribution in [-0.4, -0.2) is 36.5 Å². The van der Waals surface area contributed by atoms with Crippen LogP contribution in [0.15, 0.2) is 0 Å². The lowest BCUT2D eigenvalue weighted by Crippen LogP contribution is -2.62. The van der Waals surface area contributed by atoms with Crippen molar-refractivity contribution < 1.29 is 4.79 Å². The summed E-state index contributed by atoms with van der Waals surface area (Å²) in [5.74, 6) is 3.04. The molecule has 18 heavy (non-hydrogen) atoms. The van der Waals surface area contributed by atoms with Crippen LogP contribution in [0.2, 0.25) is 0 Å². The molecule has 1 amide bonds. The fourth-order valence-corrected chi connectivity index (χ4v) is 5.42. The molecule has 3 nitrogen and oxygen atoms in total. The van der Waals surface area contributed by atoms with Crippen molar-refractivity contribution in [2.24, 2.45) is 17.8 Å². The summed E-state index contributed by atoms with van der Waals surface area (Å²) in [6, 6.07) is 0. The van der Waals surface area contributed by atoms with Crippen LogP contribution < -0.4 is 5.32 Å². The minimum Gasteiger partial charge on any atom is -0.336 e. The molecule has 4 aliphatic carbocycles. The SMILES string of the molecule is CCN(C(=O)CNC)C12CC3CC(CC(C3)C1)C2. The van der Waals surface area contributed by atoms with E-state index < -0.39 is 0 Å². The van der Waals surface area contributed by atoms with Crippen LogP contribution in [0, 0.1) is 17.8 Å². The summed E-state index contributed by atoms with van der Waals surface area (Å²) in [5, 5.41) is 3.02. The van der Waals surface area contributed by atoms with Crippen molar-refractivity contribution in [2.45, 2.75) is 51.0 Å². The van der Waals surface area contributed by atoms with E-state index in [0.717, 1.165) is 24.3 Å². The average Bonchev–Trinajstić information content (AvgIpc) is 2.27. The monoisotopic (exact) mass is 250 g/mol. The van der Waals surface area contributed by atoms with Crippen LogP contribution in [0.25, 0.3) is 0 Å². The Bertz CT molecular complexity index is 304. The molecule has 0 radical (unpaired) electrons. The molecule has 0 atom stereocenters. The Morgan fingerprint density at radius 1 is 1.17 bits per heavy atom. The maximum absolute atomic E-state index is 12.4. The van der Waals surface area contributed by atoms with Gasteiger partial charge in [0, 0.05) is 12.1 Å². The fourth-order valence-electron chi connectivity index (χ4n) is 5.42. The highest BCUT2D eigenvalue weighted by Gasteiger charge is 2.54. The zero-order valence-corrected chi connectivity index (χ0v) is 11.7. The van der Waals surface area contributed by atoms with Crippen LogP contribution >= 0.6 is 0 Å². The van der Waals surface area contributed by atoms with E-state index in [-0.39, 0.29) is 5.54 Å². The molecule has 0 aliphatic heterocycles. The van der Waals surface area contributed by atoms with Gasteiger partial charge < -0.3 is 10.2 Å². The second-order valence-corrected chi connectivity index (χ2v) is 6.81. The molecule has 0 heterocycles. The van der Waals surface area contributed by atoms with Crippen molar-refractivity contribution in [1.29, 1.82) is 0 Å². The number of hydrogen-bond acceptors (Lipinski definition) is 2. The van der Waals surface area contributed by atoms with E-state index in [1.165, 1.54) is 38.5 Å². The van der Waals surface area contributed by atoms with Gasteiger partial charge in [0.25, 0.3) is 0 Å². The summed E-state index contributed by atoms with van der Waals surface area (Å²) in [6.45, 7) is 3.52. The normalized spacial score (nSPS) is 41.1. The van der Waals surface area contributed by atoms with Crippen LogP contribution in [-0.2, 0) is 4.79 Å². The molecule has 0 aromatic carbocycles. The smallest absolute Gasteiger partial charge is 0.236 e. The molecule has 0 saturated heterocycles. The Hall–Kier alpha value is -0.570. The van der Waals surface area contributed by atoms with Gasteiger partial charge in [-0.1, -0.05) is 0 Å². The molecule has 0 unspecified atom stereocenters. The van der Waals surface area contributed by atoms with Gasteiger partial charge in [0.15, 0.2) is 0 Å². The van der Waals surface area contributed by atoms with Crippen molar-refractivity contribution in [3.05, 3.63) is 0 Å². The van der Waals surface area contributed by atoms with E-state index in [1.54, 1.807) is 0 Å². The number of hydrogen-bond donors (Lipinski definition) is 1. The van der Waals surface area contributed by atoms with E-state index in [2.05, 4.69) is 17.1 Å². The zero-order chi connectivity index (χ0) is 12.8. The zero-order valence-electron chi connectivity index (χ0n) is 11.7. The number of nitrogens with one attached hydrogen (secondary N) is 1. The Kier molecular flexibility index (Phi) is 3.13. The first-order valence-electron chi connectivity index (χ1n) is 7.62. The summed E-state index contributed by atoms with van der Waals surface area (Å²) >= 11 is 0. The van der Waals surface area contributed by atoms with Crippen LogP contribution in [0.3, 0.4) is 0 Å². The molecular formula is C15H26N2O. The molecule has 4 rings (SSSR count). The average molecular weight is 250 g/mol. The van der Waals surface area contributed by atoms with E-state index in [0.29, 0.717) is 12.5 Å². The number of likely N-dealkylation sites (N-methyl/N-ethyl adjacent to an activating group) is 2. The highest BCUT2D eigenvalue weighted by Crippen LogP contribution is 2.57. The van der Waals surface area contributed by atoms with Crippen molar-refractivity contribution in [2.75, 3.05) is 20.1 Å². The minimum atomic E-state index is 0.234. The topological polar surface area (TPSA) is 32.3 Å². The van der Waals surface area contributed by atoms with Gasteiger partial charge in [0.2, 0.25) is 5.91 Å². The summed E-state index contributed by atoms with van der Waals surface area (Å²) in [4.78, 5) is 14.6. The lowest BCUT2D eigenvalue weighted by atomic mass is 9.52. The third-order valence-corrected chi connectivity index (χ3v) is 5.52. The third kappa shape index (κ3) is 1.87. The van der Waals surface area contributed by atoms with Gasteiger partial charge in [0.05, 0.1) is 6.54 Å². The number of rotatable bonds is 4. The molecule has 3 heteroatoms. The van der Waals surface area contributed by atoms with Gasteiger partial charge in [0.1, 0.15) is 0 Å². The summed E-state index contributed by atoms with van der Waals surface area (Å²) in [6.07, 6.45) is 8.16. The first-order valence-corrected chi connectivity index (χ1v) is 7.62. The second kappa shape index (κ2) is 4.52. The van der Waals surface area contributed by atoms with Crippen LogP contribution in [0.1, 0.15) is 45.4 Å². The Morgan fingerprint density at radius 3 is 2.06 bits per heavy atom. The minimum absolute atomic E-state index is 0.234. The second-order valence-electron chi connectivity index (χ2n) is 6.81. The maximum atomic E-state index is 12.4. The molecule has 102 valence electrons. The molecule has 0 aromatic heterocycles. The highest BCUT2D eigenvalue weighted by molar-refractivity contribution is 5.79. The third-order valence-electron chi connectivity index (χ3n) is 5.52. The van der Waals surface area contributed by atoms with Gasteiger partial charge in [-0.2, -0.15) is 0 Å². The highest BCUT2D eigenvalue weighted by atomic mass is 16.2. The van der Waals surface area contributed by atoms with Crippen LogP contribution in [0.4, 0.5) is 0 Å². The van der Waals surface area contributed by atoms with Crippen molar-refractivity contribution >= 4 is 5.91 Å². The summed E-state index contributed by atoms with van der Waals surface area (Å²) < 4.78 is 0. The number of carbonyl (C=O) groups is 1. The predicted molar refractivity (Wildman–Crippen MR) is 72.2 cm³/mol. The standard InChI is InChI=1S/C15H26N2O/c1-3-17(14(18)10-16-2)15-7-11-4-12(8-15)6-13(5-11)9-15/h11-13,16H,3-10H2,1-2H3. The van der Waals surface area contributed by atoms with E-state index in [1.807, 2.05) is 7.05 Å². The van der Waals surface area contributed by atoms with Gasteiger partial charge in [-0.05, 0) is 70.3 Å². The first-order chi connectivity index (χ1) is 8.66. The number of nitrogens with zero attached hydrogens (tertiary/aromatic N) is 1. The molecule has 1 N–H and O–H groups in total. The number of carbonyl (C=O) groups excluding carboxylic acids is 1. The van der Waals surface area contributed by atoms with E-state index >= 15 is 0 Å². The van der Waals surface area contributed by atoms with Gasteiger partial charge in [-0.25, -0.2) is 0 Å². The first kappa shape index (κ1) is 12.5. The Labute approximate surface area is 110 Å². The predicted octanol–water partition coefficient (Wildman–Crippen LogP) is 2.02. The van der Waals surface area contributed by atoms with Crippen molar-refractivity contribution in [3.8, 4) is 0 Å². The lowest BCUT2D eigenvalue weighted by molar-refractivity contribution is -0.149. The largest absolute Gasteiger partial charge is 0.336 e. The van der Waals surface area contributed by atoms with Gasteiger partial charge in [-0.3, -0.25) is 4.79 Å². The Morgan fingerprint density at radius 2 is 1.67 bits per heavy atom. The van der Waals surface area contributed by atoms with Gasteiger partial charge in [-0.15, -0.1) is 0 Å². The summed E-state index contributed by atoms with van der Waals surface area (Å²) in [5.41, 5.74) is 0.234. The molecule has 4 fully saturated rings. The van der Waals surface area contributed by atoms with Crippen molar-refractivity contribution in [1.82, 2.24) is 10.2 Å². The summed E-state index contributed by atoms with van der Waals surface area (Å²) in [7, 11) is 1.87. The molecule has 4 aliphatic rings. The molecule has 4 bridgehead atoms. The van der Waals surface area contributed by atoms with Crippen molar-refractivity contribution in [3.63, 3.8) is 0 Å². The van der Waals surface area contributed by atoms with Crippen LogP contribution in [0.5, 0.6) is 0 Å². The molecule has 0 spiro atoms. The Balaban J connectivity index is 1.82.